The summed E-state index contributed by atoms with van der Waals surface area (Å²) in [6, 6.07) is 9.71. The topological polar surface area (TPSA) is 77.0 Å². The predicted molar refractivity (Wildman–Crippen MR) is 83.1 cm³/mol. The molecule has 0 saturated heterocycles. The average molecular weight is 316 g/mol. The lowest BCUT2D eigenvalue weighted by Crippen LogP contribution is -1.99. The Hall–Kier alpha value is -2.12. The highest BCUT2D eigenvalue weighted by Gasteiger charge is 2.19. The van der Waals surface area contributed by atoms with Gasteiger partial charge in [-0.05, 0) is 6.92 Å². The molecule has 0 aliphatic carbocycles. The summed E-state index contributed by atoms with van der Waals surface area (Å²) in [5.41, 5.74) is 1.69. The van der Waals surface area contributed by atoms with Crippen LogP contribution in [0.25, 0.3) is 11.4 Å². The monoisotopic (exact) mass is 316 g/mol. The zero-order chi connectivity index (χ0) is 15.5. The Kier molecular flexibility index (Phi) is 4.26. The molecule has 0 radical (unpaired) electrons. The Labute approximate surface area is 132 Å². The molecular weight excluding hydrogens is 300 g/mol. The fourth-order valence-corrected chi connectivity index (χ4v) is 2.90. The van der Waals surface area contributed by atoms with Gasteiger partial charge in [0.05, 0.1) is 23.7 Å². The van der Waals surface area contributed by atoms with Gasteiger partial charge in [0.2, 0.25) is 11.7 Å². The molecule has 1 aromatic carbocycles. The molecule has 0 amide bonds. The van der Waals surface area contributed by atoms with Gasteiger partial charge in [0, 0.05) is 12.6 Å². The first-order valence-electron chi connectivity index (χ1n) is 6.86. The molecule has 0 bridgehead atoms. The largest absolute Gasteiger partial charge is 0.390 e. The van der Waals surface area contributed by atoms with Gasteiger partial charge < -0.3 is 14.2 Å². The van der Waals surface area contributed by atoms with E-state index in [1.807, 2.05) is 48.9 Å². The first-order valence-corrected chi connectivity index (χ1v) is 7.74. The van der Waals surface area contributed by atoms with Crippen LogP contribution in [-0.2, 0) is 13.7 Å². The van der Waals surface area contributed by atoms with E-state index in [0.29, 0.717) is 11.7 Å². The van der Waals surface area contributed by atoms with E-state index in [0.717, 1.165) is 16.4 Å². The van der Waals surface area contributed by atoms with Crippen molar-refractivity contribution in [2.75, 3.05) is 0 Å². The molecule has 7 heteroatoms. The van der Waals surface area contributed by atoms with E-state index in [9.17, 15) is 5.11 Å². The highest BCUT2D eigenvalue weighted by Crippen LogP contribution is 2.33. The van der Waals surface area contributed by atoms with Crippen LogP contribution >= 0.6 is 11.8 Å². The van der Waals surface area contributed by atoms with Crippen LogP contribution in [0, 0.1) is 0 Å². The van der Waals surface area contributed by atoms with Crippen molar-refractivity contribution in [3.05, 3.63) is 48.1 Å². The molecule has 1 atom stereocenters. The van der Waals surface area contributed by atoms with Gasteiger partial charge in [-0.1, -0.05) is 47.3 Å². The summed E-state index contributed by atoms with van der Waals surface area (Å²) in [6.45, 7) is 1.96. The molecule has 2 aromatic heterocycles. The number of aliphatic hydroxyl groups is 1. The van der Waals surface area contributed by atoms with Crippen LogP contribution in [0.1, 0.15) is 23.8 Å². The third kappa shape index (κ3) is 2.90. The summed E-state index contributed by atoms with van der Waals surface area (Å²) in [5, 5.41) is 14.0. The van der Waals surface area contributed by atoms with Gasteiger partial charge in [0.15, 0.2) is 5.16 Å². The van der Waals surface area contributed by atoms with Crippen molar-refractivity contribution in [1.29, 1.82) is 0 Å². The van der Waals surface area contributed by atoms with Crippen molar-refractivity contribution in [3.63, 3.8) is 0 Å². The van der Waals surface area contributed by atoms with Crippen molar-refractivity contribution in [2.24, 2.45) is 7.05 Å². The second kappa shape index (κ2) is 6.33. The number of aromatic nitrogens is 4. The quantitative estimate of drug-likeness (QED) is 0.729. The standard InChI is InChI=1S/C15H16N4O2S/c1-10(22-15-16-8-12(9-20)19(15)2)14-17-13(18-21-14)11-6-4-3-5-7-11/h3-8,10,20H,9H2,1-2H3. The number of imidazole rings is 1. The number of thioether (sulfide) groups is 1. The predicted octanol–water partition coefficient (Wildman–Crippen LogP) is 2.82. The number of hydrogen-bond acceptors (Lipinski definition) is 6. The smallest absolute Gasteiger partial charge is 0.240 e. The minimum atomic E-state index is -0.0306. The minimum Gasteiger partial charge on any atom is -0.390 e. The maximum Gasteiger partial charge on any atom is 0.240 e. The van der Waals surface area contributed by atoms with E-state index in [1.165, 1.54) is 11.8 Å². The van der Waals surface area contributed by atoms with E-state index in [2.05, 4.69) is 15.1 Å². The molecule has 1 unspecified atom stereocenters. The third-order valence-corrected chi connectivity index (χ3v) is 4.45. The van der Waals surface area contributed by atoms with Gasteiger partial charge in [-0.15, -0.1) is 0 Å². The Bertz CT molecular complexity index is 754. The maximum atomic E-state index is 9.20. The van der Waals surface area contributed by atoms with Crippen molar-refractivity contribution < 1.29 is 9.63 Å². The lowest BCUT2D eigenvalue weighted by atomic mass is 10.2. The second-order valence-corrected chi connectivity index (χ2v) is 6.14. The van der Waals surface area contributed by atoms with E-state index >= 15 is 0 Å². The Morgan fingerprint density at radius 1 is 1.32 bits per heavy atom. The van der Waals surface area contributed by atoms with Crippen molar-refractivity contribution in [2.45, 2.75) is 23.9 Å². The fourth-order valence-electron chi connectivity index (χ4n) is 2.00. The number of aliphatic hydroxyl groups excluding tert-OH is 1. The van der Waals surface area contributed by atoms with E-state index < -0.39 is 0 Å². The van der Waals surface area contributed by atoms with Gasteiger partial charge in [-0.3, -0.25) is 0 Å². The van der Waals surface area contributed by atoms with Crippen molar-refractivity contribution in [1.82, 2.24) is 19.7 Å². The molecule has 0 spiro atoms. The molecule has 0 fully saturated rings. The summed E-state index contributed by atoms with van der Waals surface area (Å²) >= 11 is 1.51. The van der Waals surface area contributed by atoms with Crippen molar-refractivity contribution >= 4 is 11.8 Å². The van der Waals surface area contributed by atoms with Gasteiger partial charge in [0.1, 0.15) is 0 Å². The molecule has 114 valence electrons. The molecule has 0 saturated carbocycles. The first-order chi connectivity index (χ1) is 10.7. The lowest BCUT2D eigenvalue weighted by molar-refractivity contribution is 0.271. The van der Waals surface area contributed by atoms with Crippen LogP contribution in [0.3, 0.4) is 0 Å². The van der Waals surface area contributed by atoms with Crippen LogP contribution in [0.2, 0.25) is 0 Å². The highest BCUT2D eigenvalue weighted by atomic mass is 32.2. The molecule has 2 heterocycles. The van der Waals surface area contributed by atoms with Crippen LogP contribution in [0.4, 0.5) is 0 Å². The highest BCUT2D eigenvalue weighted by molar-refractivity contribution is 7.99. The van der Waals surface area contributed by atoms with Gasteiger partial charge in [0.25, 0.3) is 0 Å². The molecule has 3 rings (SSSR count). The third-order valence-electron chi connectivity index (χ3n) is 3.31. The fraction of sp³-hybridized carbons (Fsp3) is 0.267. The van der Waals surface area contributed by atoms with Gasteiger partial charge in [-0.25, -0.2) is 4.98 Å². The van der Waals surface area contributed by atoms with Crippen LogP contribution in [0.5, 0.6) is 0 Å². The molecule has 0 aliphatic heterocycles. The number of hydrogen-bond donors (Lipinski definition) is 1. The van der Waals surface area contributed by atoms with E-state index in [4.69, 9.17) is 4.52 Å². The van der Waals surface area contributed by atoms with Crippen LogP contribution in [-0.4, -0.2) is 24.8 Å². The maximum absolute atomic E-state index is 9.20. The average Bonchev–Trinajstić information content (AvgIpc) is 3.16. The molecule has 1 N–H and O–H groups in total. The number of nitrogens with zero attached hydrogens (tertiary/aromatic N) is 4. The molecule has 3 aromatic rings. The summed E-state index contributed by atoms with van der Waals surface area (Å²) in [4.78, 5) is 8.74. The summed E-state index contributed by atoms with van der Waals surface area (Å²) in [7, 11) is 1.87. The SMILES string of the molecule is CC(Sc1ncc(CO)n1C)c1nc(-c2ccccc2)no1. The summed E-state index contributed by atoms with van der Waals surface area (Å²) in [5.74, 6) is 1.14. The summed E-state index contributed by atoms with van der Waals surface area (Å²) < 4.78 is 7.21. The van der Waals surface area contributed by atoms with Crippen LogP contribution in [0.15, 0.2) is 46.2 Å². The Morgan fingerprint density at radius 2 is 2.09 bits per heavy atom. The van der Waals surface area contributed by atoms with Gasteiger partial charge in [-0.2, -0.15) is 4.98 Å². The van der Waals surface area contributed by atoms with Crippen LogP contribution < -0.4 is 0 Å². The molecule has 22 heavy (non-hydrogen) atoms. The number of benzene rings is 1. The van der Waals surface area contributed by atoms with E-state index in [1.54, 1.807) is 6.20 Å². The normalized spacial score (nSPS) is 12.5. The number of rotatable bonds is 5. The Morgan fingerprint density at radius 3 is 2.77 bits per heavy atom. The van der Waals surface area contributed by atoms with Crippen molar-refractivity contribution in [3.8, 4) is 11.4 Å². The minimum absolute atomic E-state index is 0.0300. The van der Waals surface area contributed by atoms with E-state index in [-0.39, 0.29) is 11.9 Å². The first kappa shape index (κ1) is 14.8. The zero-order valence-corrected chi connectivity index (χ0v) is 13.1. The lowest BCUT2D eigenvalue weighted by Gasteiger charge is -2.07. The second-order valence-electron chi connectivity index (χ2n) is 4.83. The zero-order valence-electron chi connectivity index (χ0n) is 12.3. The molecular formula is C15H16N4O2S. The van der Waals surface area contributed by atoms with Gasteiger partial charge >= 0.3 is 0 Å². The molecule has 0 aliphatic rings. The Balaban J connectivity index is 1.77. The molecule has 6 nitrogen and oxygen atoms in total. The summed E-state index contributed by atoms with van der Waals surface area (Å²) in [6.07, 6.45) is 1.66.